The smallest absolute Gasteiger partial charge is 0.224 e. The minimum atomic E-state index is -0.794. The molecule has 1 unspecified atom stereocenters. The summed E-state index contributed by atoms with van der Waals surface area (Å²) in [4.78, 5) is 14.6. The molecule has 144 valence electrons. The van der Waals surface area contributed by atoms with Crippen molar-refractivity contribution < 1.29 is 15.0 Å². The number of benzene rings is 1. The number of hydrogen-bond donors (Lipinski definition) is 3. The molecular weight excluding hydrogens is 362 g/mol. The maximum Gasteiger partial charge on any atom is 0.224 e. The van der Waals surface area contributed by atoms with Crippen molar-refractivity contribution in [1.29, 1.82) is 0 Å². The summed E-state index contributed by atoms with van der Waals surface area (Å²) >= 11 is 1.38. The molecule has 1 saturated heterocycles. The van der Waals surface area contributed by atoms with E-state index in [0.717, 1.165) is 40.5 Å². The molecule has 0 aliphatic carbocycles. The number of hydrogen-bond acceptors (Lipinski definition) is 6. The van der Waals surface area contributed by atoms with Crippen LogP contribution in [0, 0.1) is 6.92 Å². The van der Waals surface area contributed by atoms with E-state index in [1.807, 2.05) is 31.2 Å². The molecule has 27 heavy (non-hydrogen) atoms. The number of carbonyl (C=O) groups excluding carboxylic acids is 1. The summed E-state index contributed by atoms with van der Waals surface area (Å²) in [6, 6.07) is 7.74. The van der Waals surface area contributed by atoms with E-state index >= 15 is 0 Å². The summed E-state index contributed by atoms with van der Waals surface area (Å²) in [5, 5.41) is 24.5. The fraction of sp³-hybridized carbons (Fsp3) is 0.500. The number of fused-ring (bicyclic) bond motifs is 1. The van der Waals surface area contributed by atoms with Crippen LogP contribution in [0.25, 0.3) is 0 Å². The molecule has 4 rings (SSSR count). The number of likely N-dealkylation sites (tertiary alicyclic amines) is 1. The molecule has 6 nitrogen and oxygen atoms in total. The molecule has 1 atom stereocenters. The highest BCUT2D eigenvalue weighted by Crippen LogP contribution is 2.36. The number of amides is 1. The average molecular weight is 388 g/mol. The fourth-order valence-corrected chi connectivity index (χ4v) is 4.79. The fourth-order valence-electron chi connectivity index (χ4n) is 3.90. The third kappa shape index (κ3) is 3.91. The van der Waals surface area contributed by atoms with E-state index in [4.69, 9.17) is 0 Å². The number of rotatable bonds is 4. The van der Waals surface area contributed by atoms with Crippen molar-refractivity contribution in [2.24, 2.45) is 0 Å². The van der Waals surface area contributed by atoms with Crippen molar-refractivity contribution in [1.82, 2.24) is 9.27 Å². The second-order valence-corrected chi connectivity index (χ2v) is 8.45. The second kappa shape index (κ2) is 7.31. The Hall–Kier alpha value is -1.80. The summed E-state index contributed by atoms with van der Waals surface area (Å²) in [6.45, 7) is 3.97. The summed E-state index contributed by atoms with van der Waals surface area (Å²) in [7, 11) is 0. The van der Waals surface area contributed by atoms with Gasteiger partial charge in [0.25, 0.3) is 0 Å². The van der Waals surface area contributed by atoms with Gasteiger partial charge >= 0.3 is 0 Å². The normalized spacial score (nSPS) is 20.8. The van der Waals surface area contributed by atoms with Gasteiger partial charge in [-0.1, -0.05) is 12.1 Å². The number of β-amino-alcohol motifs (C(OH)–C–C–N with tert-alkyl or cyclic N) is 1. The van der Waals surface area contributed by atoms with Gasteiger partial charge < -0.3 is 20.4 Å². The first-order valence-electron chi connectivity index (χ1n) is 9.42. The lowest BCUT2D eigenvalue weighted by Crippen LogP contribution is -2.43. The predicted molar refractivity (Wildman–Crippen MR) is 105 cm³/mol. The number of aliphatic hydroxyl groups is 2. The Labute approximate surface area is 163 Å². The molecule has 2 aliphatic heterocycles. The van der Waals surface area contributed by atoms with Crippen LogP contribution in [0.15, 0.2) is 24.3 Å². The van der Waals surface area contributed by atoms with Gasteiger partial charge in [0.05, 0.1) is 16.7 Å². The highest BCUT2D eigenvalue weighted by Gasteiger charge is 2.36. The van der Waals surface area contributed by atoms with Crippen LogP contribution >= 0.6 is 11.5 Å². The van der Waals surface area contributed by atoms with Gasteiger partial charge in [0, 0.05) is 31.7 Å². The second-order valence-electron chi connectivity index (χ2n) is 7.65. The van der Waals surface area contributed by atoms with Crippen molar-refractivity contribution in [2.45, 2.75) is 44.3 Å². The first kappa shape index (κ1) is 18.6. The molecule has 2 aliphatic rings. The number of anilines is 1. The van der Waals surface area contributed by atoms with Gasteiger partial charge in [-0.3, -0.25) is 4.79 Å². The van der Waals surface area contributed by atoms with Crippen molar-refractivity contribution in [3.63, 3.8) is 0 Å². The Bertz CT molecular complexity index is 843. The van der Waals surface area contributed by atoms with Gasteiger partial charge in [-0.05, 0) is 61.0 Å². The minimum Gasteiger partial charge on any atom is -0.387 e. The number of carbonyl (C=O) groups is 1. The van der Waals surface area contributed by atoms with E-state index in [-0.39, 0.29) is 5.91 Å². The van der Waals surface area contributed by atoms with Crippen LogP contribution in [0.2, 0.25) is 0 Å². The first-order valence-corrected chi connectivity index (χ1v) is 10.2. The SMILES string of the molecule is Cc1cc(C2(O)CCN(CC(O)c3ccc4c(c3)CCC(=O)N4)CC2)sn1. The molecular formula is C20H25N3O3S. The molecule has 1 aromatic carbocycles. The monoisotopic (exact) mass is 387 g/mol. The molecule has 1 amide bonds. The number of nitrogens with zero attached hydrogens (tertiary/aromatic N) is 2. The van der Waals surface area contributed by atoms with Gasteiger partial charge in [0.1, 0.15) is 5.60 Å². The van der Waals surface area contributed by atoms with Gasteiger partial charge in [-0.25, -0.2) is 0 Å². The van der Waals surface area contributed by atoms with Crippen LogP contribution in [0.3, 0.4) is 0 Å². The standard InChI is InChI=1S/C20H25N3O3S/c1-13-10-18(27-22-13)20(26)6-8-23(9-7-20)12-17(24)15-2-4-16-14(11-15)3-5-19(25)21-16/h2,4,10-11,17,24,26H,3,5-9,12H2,1H3,(H,21,25). The van der Waals surface area contributed by atoms with E-state index in [2.05, 4.69) is 14.6 Å². The molecule has 1 aromatic heterocycles. The number of aryl methyl sites for hydroxylation is 2. The highest BCUT2D eigenvalue weighted by molar-refractivity contribution is 7.06. The Balaban J connectivity index is 1.37. The largest absolute Gasteiger partial charge is 0.387 e. The van der Waals surface area contributed by atoms with Crippen molar-refractivity contribution in [2.75, 3.05) is 25.0 Å². The Morgan fingerprint density at radius 3 is 2.78 bits per heavy atom. The number of nitrogens with one attached hydrogen (secondary N) is 1. The quantitative estimate of drug-likeness (QED) is 0.750. The topological polar surface area (TPSA) is 85.7 Å². The molecule has 0 saturated carbocycles. The average Bonchev–Trinajstić information content (AvgIpc) is 3.10. The van der Waals surface area contributed by atoms with E-state index in [1.54, 1.807) is 0 Å². The predicted octanol–water partition coefficient (Wildman–Crippen LogP) is 2.35. The van der Waals surface area contributed by atoms with Crippen LogP contribution in [0.4, 0.5) is 5.69 Å². The minimum absolute atomic E-state index is 0.0488. The van der Waals surface area contributed by atoms with Crippen molar-refractivity contribution in [3.8, 4) is 0 Å². The molecule has 0 bridgehead atoms. The van der Waals surface area contributed by atoms with Crippen LogP contribution in [-0.2, 0) is 16.8 Å². The van der Waals surface area contributed by atoms with Crippen molar-refractivity contribution in [3.05, 3.63) is 46.0 Å². The van der Waals surface area contributed by atoms with Gasteiger partial charge in [-0.2, -0.15) is 4.37 Å². The molecule has 3 heterocycles. The maximum atomic E-state index is 11.5. The molecule has 0 spiro atoms. The van der Waals surface area contributed by atoms with Gasteiger partial charge in [0.15, 0.2) is 0 Å². The highest BCUT2D eigenvalue weighted by atomic mass is 32.1. The lowest BCUT2D eigenvalue weighted by atomic mass is 9.89. The molecule has 2 aromatic rings. The Morgan fingerprint density at radius 2 is 2.07 bits per heavy atom. The molecule has 3 N–H and O–H groups in total. The summed E-state index contributed by atoms with van der Waals surface area (Å²) < 4.78 is 4.29. The van der Waals surface area contributed by atoms with E-state index < -0.39 is 11.7 Å². The summed E-state index contributed by atoms with van der Waals surface area (Å²) in [5.41, 5.74) is 2.97. The number of piperidine rings is 1. The zero-order valence-electron chi connectivity index (χ0n) is 15.4. The molecule has 0 radical (unpaired) electrons. The van der Waals surface area contributed by atoms with Crippen LogP contribution < -0.4 is 5.32 Å². The number of aliphatic hydroxyl groups excluding tert-OH is 1. The Kier molecular flexibility index (Phi) is 5.03. The van der Waals surface area contributed by atoms with Crippen LogP contribution in [0.5, 0.6) is 0 Å². The number of aromatic nitrogens is 1. The van der Waals surface area contributed by atoms with E-state index in [1.165, 1.54) is 11.5 Å². The third-order valence-electron chi connectivity index (χ3n) is 5.61. The van der Waals surface area contributed by atoms with Crippen LogP contribution in [0.1, 0.15) is 47.1 Å². The lowest BCUT2D eigenvalue weighted by molar-refractivity contribution is -0.116. The third-order valence-corrected chi connectivity index (χ3v) is 6.68. The zero-order chi connectivity index (χ0) is 19.0. The maximum absolute atomic E-state index is 11.5. The van der Waals surface area contributed by atoms with Crippen molar-refractivity contribution >= 4 is 23.1 Å². The zero-order valence-corrected chi connectivity index (χ0v) is 16.3. The summed E-state index contributed by atoms with van der Waals surface area (Å²) in [5.74, 6) is 0.0488. The molecule has 7 heteroatoms. The van der Waals surface area contributed by atoms with Crippen LogP contribution in [-0.4, -0.2) is 45.0 Å². The Morgan fingerprint density at radius 1 is 1.30 bits per heavy atom. The summed E-state index contributed by atoms with van der Waals surface area (Å²) in [6.07, 6.45) is 1.93. The first-order chi connectivity index (χ1) is 12.9. The van der Waals surface area contributed by atoms with E-state index in [9.17, 15) is 15.0 Å². The molecule has 1 fully saturated rings. The van der Waals surface area contributed by atoms with Gasteiger partial charge in [-0.15, -0.1) is 0 Å². The lowest BCUT2D eigenvalue weighted by Gasteiger charge is -2.38. The van der Waals surface area contributed by atoms with E-state index in [0.29, 0.717) is 32.2 Å². The van der Waals surface area contributed by atoms with Gasteiger partial charge in [0.2, 0.25) is 5.91 Å².